The van der Waals surface area contributed by atoms with Gasteiger partial charge < -0.3 is 0 Å². The van der Waals surface area contributed by atoms with Crippen LogP contribution in [0.4, 0.5) is 0 Å². The second-order valence-electron chi connectivity index (χ2n) is 6.25. The molecule has 1 heteroatoms. The molecule has 0 bridgehead atoms. The van der Waals surface area contributed by atoms with E-state index in [9.17, 15) is 0 Å². The van der Waals surface area contributed by atoms with Gasteiger partial charge in [-0.3, -0.25) is 4.90 Å². The fourth-order valence-electron chi connectivity index (χ4n) is 3.10. The molecule has 1 heterocycles. The summed E-state index contributed by atoms with van der Waals surface area (Å²) in [7, 11) is 0. The minimum Gasteiger partial charge on any atom is -0.299 e. The molecule has 0 radical (unpaired) electrons. The van der Waals surface area contributed by atoms with Crippen molar-refractivity contribution in [1.82, 2.24) is 4.90 Å². The number of hydrogen-bond acceptors (Lipinski definition) is 1. The van der Waals surface area contributed by atoms with Crippen molar-refractivity contribution in [2.45, 2.75) is 47.1 Å². The highest BCUT2D eigenvalue weighted by molar-refractivity contribution is 5.33. The molecule has 1 nitrogen and oxygen atoms in total. The van der Waals surface area contributed by atoms with Gasteiger partial charge in [0, 0.05) is 13.1 Å². The van der Waals surface area contributed by atoms with E-state index in [1.54, 1.807) is 5.56 Å². The van der Waals surface area contributed by atoms with Crippen LogP contribution in [0.25, 0.3) is 0 Å². The minimum atomic E-state index is 0.825. The van der Waals surface area contributed by atoms with E-state index in [0.717, 1.165) is 18.4 Å². The van der Waals surface area contributed by atoms with Crippen molar-refractivity contribution in [3.05, 3.63) is 34.9 Å². The third kappa shape index (κ3) is 3.14. The minimum absolute atomic E-state index is 0.825. The van der Waals surface area contributed by atoms with Gasteiger partial charge in [0.1, 0.15) is 0 Å². The Bertz CT molecular complexity index is 374. The van der Waals surface area contributed by atoms with E-state index in [1.165, 1.54) is 37.1 Å². The van der Waals surface area contributed by atoms with Crippen molar-refractivity contribution in [2.75, 3.05) is 13.1 Å². The number of benzene rings is 1. The molecule has 1 aromatic rings. The molecule has 0 saturated carbocycles. The van der Waals surface area contributed by atoms with E-state index in [1.807, 2.05) is 0 Å². The highest BCUT2D eigenvalue weighted by Crippen LogP contribution is 2.25. The first-order valence-corrected chi connectivity index (χ1v) is 7.35. The SMILES string of the molecule is Cc1cccc(C)c1CN1CCC[C@@H](C(C)C)C1. The molecule has 0 aliphatic carbocycles. The summed E-state index contributed by atoms with van der Waals surface area (Å²) >= 11 is 0. The fraction of sp³-hybridized carbons (Fsp3) is 0.647. The Kier molecular flexibility index (Phi) is 4.45. The van der Waals surface area contributed by atoms with E-state index in [0.29, 0.717) is 0 Å². The normalized spacial score (nSPS) is 21.5. The Labute approximate surface area is 112 Å². The maximum atomic E-state index is 2.66. The number of piperidine rings is 1. The molecule has 1 aliphatic heterocycles. The lowest BCUT2D eigenvalue weighted by Crippen LogP contribution is -2.37. The molecule has 1 fully saturated rings. The van der Waals surface area contributed by atoms with Gasteiger partial charge in [0.15, 0.2) is 0 Å². The van der Waals surface area contributed by atoms with Gasteiger partial charge in [-0.05, 0) is 61.8 Å². The van der Waals surface area contributed by atoms with Gasteiger partial charge in [-0.1, -0.05) is 32.0 Å². The average molecular weight is 245 g/mol. The average Bonchev–Trinajstić information content (AvgIpc) is 2.34. The van der Waals surface area contributed by atoms with Crippen LogP contribution < -0.4 is 0 Å². The van der Waals surface area contributed by atoms with Crippen molar-refractivity contribution in [2.24, 2.45) is 11.8 Å². The zero-order valence-corrected chi connectivity index (χ0v) is 12.4. The number of hydrogen-bond donors (Lipinski definition) is 0. The first-order chi connectivity index (χ1) is 8.58. The Morgan fingerprint density at radius 2 is 1.89 bits per heavy atom. The molecule has 1 aromatic carbocycles. The highest BCUT2D eigenvalue weighted by Gasteiger charge is 2.22. The molecule has 100 valence electrons. The zero-order valence-electron chi connectivity index (χ0n) is 12.4. The van der Waals surface area contributed by atoms with Crippen LogP contribution in [0.3, 0.4) is 0 Å². The van der Waals surface area contributed by atoms with Crippen LogP contribution in [-0.2, 0) is 6.54 Å². The smallest absolute Gasteiger partial charge is 0.0239 e. The molecule has 18 heavy (non-hydrogen) atoms. The molecular weight excluding hydrogens is 218 g/mol. The van der Waals surface area contributed by atoms with E-state index in [4.69, 9.17) is 0 Å². The van der Waals surface area contributed by atoms with Gasteiger partial charge in [-0.25, -0.2) is 0 Å². The van der Waals surface area contributed by atoms with Gasteiger partial charge in [0.25, 0.3) is 0 Å². The van der Waals surface area contributed by atoms with Gasteiger partial charge in [0.2, 0.25) is 0 Å². The van der Waals surface area contributed by atoms with Crippen LogP contribution in [0.15, 0.2) is 18.2 Å². The summed E-state index contributed by atoms with van der Waals surface area (Å²) in [4.78, 5) is 2.66. The van der Waals surface area contributed by atoms with Crippen LogP contribution in [-0.4, -0.2) is 18.0 Å². The van der Waals surface area contributed by atoms with Crippen LogP contribution in [0.1, 0.15) is 43.4 Å². The Balaban J connectivity index is 2.05. The lowest BCUT2D eigenvalue weighted by molar-refractivity contribution is 0.139. The fourth-order valence-corrected chi connectivity index (χ4v) is 3.10. The first kappa shape index (κ1) is 13.6. The summed E-state index contributed by atoms with van der Waals surface area (Å²) in [5.41, 5.74) is 4.44. The summed E-state index contributed by atoms with van der Waals surface area (Å²) in [5.74, 6) is 1.72. The summed E-state index contributed by atoms with van der Waals surface area (Å²) in [6.45, 7) is 12.9. The van der Waals surface area contributed by atoms with Gasteiger partial charge >= 0.3 is 0 Å². The Morgan fingerprint density at radius 3 is 2.50 bits per heavy atom. The topological polar surface area (TPSA) is 3.24 Å². The van der Waals surface area contributed by atoms with E-state index in [2.05, 4.69) is 50.8 Å². The van der Waals surface area contributed by atoms with Crippen molar-refractivity contribution >= 4 is 0 Å². The van der Waals surface area contributed by atoms with Crippen LogP contribution in [0, 0.1) is 25.7 Å². The number of rotatable bonds is 3. The van der Waals surface area contributed by atoms with Crippen molar-refractivity contribution < 1.29 is 0 Å². The molecule has 1 saturated heterocycles. The molecule has 0 N–H and O–H groups in total. The molecule has 2 rings (SSSR count). The van der Waals surface area contributed by atoms with E-state index in [-0.39, 0.29) is 0 Å². The molecular formula is C17H27N. The molecule has 0 amide bonds. The van der Waals surface area contributed by atoms with Crippen LogP contribution in [0.5, 0.6) is 0 Å². The number of nitrogens with zero attached hydrogens (tertiary/aromatic N) is 1. The Morgan fingerprint density at radius 1 is 1.22 bits per heavy atom. The maximum Gasteiger partial charge on any atom is 0.0239 e. The Hall–Kier alpha value is -0.820. The predicted octanol–water partition coefficient (Wildman–Crippen LogP) is 4.17. The molecule has 0 spiro atoms. The third-order valence-corrected chi connectivity index (χ3v) is 4.51. The van der Waals surface area contributed by atoms with Crippen molar-refractivity contribution in [3.63, 3.8) is 0 Å². The second kappa shape index (κ2) is 5.88. The summed E-state index contributed by atoms with van der Waals surface area (Å²) in [6.07, 6.45) is 2.79. The van der Waals surface area contributed by atoms with Gasteiger partial charge in [-0.2, -0.15) is 0 Å². The largest absolute Gasteiger partial charge is 0.299 e. The number of aryl methyl sites for hydroxylation is 2. The van der Waals surface area contributed by atoms with Crippen LogP contribution in [0.2, 0.25) is 0 Å². The summed E-state index contributed by atoms with van der Waals surface area (Å²) in [6, 6.07) is 6.65. The van der Waals surface area contributed by atoms with E-state index < -0.39 is 0 Å². The quantitative estimate of drug-likeness (QED) is 0.772. The monoisotopic (exact) mass is 245 g/mol. The van der Waals surface area contributed by atoms with E-state index >= 15 is 0 Å². The summed E-state index contributed by atoms with van der Waals surface area (Å²) < 4.78 is 0. The highest BCUT2D eigenvalue weighted by atomic mass is 15.1. The standard InChI is InChI=1S/C17H27N/c1-13(2)16-9-6-10-18(11-16)12-17-14(3)7-5-8-15(17)4/h5,7-8,13,16H,6,9-12H2,1-4H3/t16-/m1/s1. The lowest BCUT2D eigenvalue weighted by Gasteiger charge is -2.35. The second-order valence-corrected chi connectivity index (χ2v) is 6.25. The molecule has 0 unspecified atom stereocenters. The molecule has 0 aromatic heterocycles. The van der Waals surface area contributed by atoms with Crippen molar-refractivity contribution in [3.8, 4) is 0 Å². The molecule has 1 atom stereocenters. The van der Waals surface area contributed by atoms with Gasteiger partial charge in [0.05, 0.1) is 0 Å². The first-order valence-electron chi connectivity index (χ1n) is 7.35. The maximum absolute atomic E-state index is 2.66. The third-order valence-electron chi connectivity index (χ3n) is 4.51. The predicted molar refractivity (Wildman–Crippen MR) is 78.8 cm³/mol. The zero-order chi connectivity index (χ0) is 13.1. The van der Waals surface area contributed by atoms with Crippen molar-refractivity contribution in [1.29, 1.82) is 0 Å². The van der Waals surface area contributed by atoms with Gasteiger partial charge in [-0.15, -0.1) is 0 Å². The molecule has 1 aliphatic rings. The lowest BCUT2D eigenvalue weighted by atomic mass is 9.87. The summed E-state index contributed by atoms with van der Waals surface area (Å²) in [5, 5.41) is 0. The number of likely N-dealkylation sites (tertiary alicyclic amines) is 1. The van der Waals surface area contributed by atoms with Crippen LogP contribution >= 0.6 is 0 Å².